The van der Waals surface area contributed by atoms with Gasteiger partial charge < -0.3 is 5.32 Å². The van der Waals surface area contributed by atoms with E-state index in [1.165, 1.54) is 6.92 Å². The number of alkyl halides is 3. The Kier molecular flexibility index (Phi) is 3.64. The molecule has 0 aliphatic rings. The number of nitrogens with zero attached hydrogens (tertiary/aromatic N) is 3. The smallest absolute Gasteiger partial charge is 0.311 e. The normalized spacial score (nSPS) is 11.2. The number of carbonyl (C=O) groups is 1. The standard InChI is InChI=1S/C12H9F3N4O/c1-7(20)18-10-4-2-3-9(19-10)8-5-16-11(17-6-8)12(13,14)15/h2-6H,1H3,(H,18,19,20). The molecule has 5 nitrogen and oxygen atoms in total. The number of anilines is 1. The SMILES string of the molecule is CC(=O)Nc1cccc(-c2cnc(C(F)(F)F)nc2)n1. The van der Waals surface area contributed by atoms with E-state index in [-0.39, 0.29) is 5.91 Å². The molecule has 0 aliphatic heterocycles. The second-order valence-corrected chi connectivity index (χ2v) is 3.88. The monoisotopic (exact) mass is 282 g/mol. The molecule has 0 spiro atoms. The van der Waals surface area contributed by atoms with Gasteiger partial charge in [0.1, 0.15) is 5.82 Å². The highest BCUT2D eigenvalue weighted by Crippen LogP contribution is 2.26. The van der Waals surface area contributed by atoms with Gasteiger partial charge in [0.25, 0.3) is 0 Å². The van der Waals surface area contributed by atoms with E-state index in [0.717, 1.165) is 12.4 Å². The van der Waals surface area contributed by atoms with Crippen LogP contribution in [0.25, 0.3) is 11.3 Å². The maximum Gasteiger partial charge on any atom is 0.451 e. The third-order valence-electron chi connectivity index (χ3n) is 2.25. The number of nitrogens with one attached hydrogen (secondary N) is 1. The van der Waals surface area contributed by atoms with E-state index >= 15 is 0 Å². The van der Waals surface area contributed by atoms with Crippen molar-refractivity contribution in [1.82, 2.24) is 15.0 Å². The molecule has 0 fully saturated rings. The number of pyridine rings is 1. The second-order valence-electron chi connectivity index (χ2n) is 3.88. The topological polar surface area (TPSA) is 67.8 Å². The molecule has 2 aromatic heterocycles. The second kappa shape index (κ2) is 5.24. The van der Waals surface area contributed by atoms with E-state index in [9.17, 15) is 18.0 Å². The summed E-state index contributed by atoms with van der Waals surface area (Å²) in [6.45, 7) is 1.33. The van der Waals surface area contributed by atoms with Crippen molar-refractivity contribution in [3.05, 3.63) is 36.4 Å². The van der Waals surface area contributed by atoms with Crippen LogP contribution < -0.4 is 5.32 Å². The highest BCUT2D eigenvalue weighted by molar-refractivity contribution is 5.87. The summed E-state index contributed by atoms with van der Waals surface area (Å²) >= 11 is 0. The fourth-order valence-electron chi connectivity index (χ4n) is 1.45. The maximum absolute atomic E-state index is 12.3. The van der Waals surface area contributed by atoms with Crippen molar-refractivity contribution in [2.75, 3.05) is 5.32 Å². The Morgan fingerprint density at radius 3 is 2.40 bits per heavy atom. The predicted molar refractivity (Wildman–Crippen MR) is 64.6 cm³/mol. The Morgan fingerprint density at radius 1 is 1.20 bits per heavy atom. The van der Waals surface area contributed by atoms with Gasteiger partial charge in [0, 0.05) is 24.9 Å². The number of halogens is 3. The highest BCUT2D eigenvalue weighted by Gasteiger charge is 2.34. The third-order valence-corrected chi connectivity index (χ3v) is 2.25. The van der Waals surface area contributed by atoms with Crippen LogP contribution in [0, 0.1) is 0 Å². The third kappa shape index (κ3) is 3.28. The molecular formula is C12H9F3N4O. The molecule has 20 heavy (non-hydrogen) atoms. The summed E-state index contributed by atoms with van der Waals surface area (Å²) in [5.41, 5.74) is 0.690. The van der Waals surface area contributed by atoms with Crippen molar-refractivity contribution in [2.45, 2.75) is 13.1 Å². The van der Waals surface area contributed by atoms with E-state index in [2.05, 4.69) is 20.3 Å². The molecule has 0 radical (unpaired) electrons. The molecule has 1 N–H and O–H groups in total. The summed E-state index contributed by atoms with van der Waals surface area (Å²) in [7, 11) is 0. The quantitative estimate of drug-likeness (QED) is 0.919. The number of hydrogen-bond donors (Lipinski definition) is 1. The maximum atomic E-state index is 12.3. The summed E-state index contributed by atoms with van der Waals surface area (Å²) in [4.78, 5) is 21.5. The van der Waals surface area contributed by atoms with Gasteiger partial charge in [-0.2, -0.15) is 13.2 Å². The lowest BCUT2D eigenvalue weighted by atomic mass is 10.2. The van der Waals surface area contributed by atoms with E-state index < -0.39 is 12.0 Å². The van der Waals surface area contributed by atoms with Crippen LogP contribution in [0.4, 0.5) is 19.0 Å². The average molecular weight is 282 g/mol. The van der Waals surface area contributed by atoms with Gasteiger partial charge in [-0.15, -0.1) is 0 Å². The van der Waals surface area contributed by atoms with Crippen LogP contribution in [-0.2, 0) is 11.0 Å². The van der Waals surface area contributed by atoms with Crippen molar-refractivity contribution < 1.29 is 18.0 Å². The predicted octanol–water partition coefficient (Wildman–Crippen LogP) is 2.52. The summed E-state index contributed by atoms with van der Waals surface area (Å²) in [5.74, 6) is -1.20. The van der Waals surface area contributed by atoms with Crippen LogP contribution in [-0.4, -0.2) is 20.9 Å². The molecule has 8 heteroatoms. The summed E-state index contributed by atoms with van der Waals surface area (Å²) in [5, 5.41) is 2.48. The molecule has 1 amide bonds. The first-order valence-corrected chi connectivity index (χ1v) is 5.50. The molecule has 0 saturated carbocycles. The van der Waals surface area contributed by atoms with E-state index in [1.54, 1.807) is 18.2 Å². The zero-order valence-electron chi connectivity index (χ0n) is 10.3. The van der Waals surface area contributed by atoms with E-state index in [0.29, 0.717) is 17.1 Å². The first kappa shape index (κ1) is 13.9. The van der Waals surface area contributed by atoms with Crippen molar-refractivity contribution in [2.24, 2.45) is 0 Å². The molecule has 104 valence electrons. The molecular weight excluding hydrogens is 273 g/mol. The molecule has 2 heterocycles. The fourth-order valence-corrected chi connectivity index (χ4v) is 1.45. The summed E-state index contributed by atoms with van der Waals surface area (Å²) in [6.07, 6.45) is -2.50. The lowest BCUT2D eigenvalue weighted by Crippen LogP contribution is -2.10. The summed E-state index contributed by atoms with van der Waals surface area (Å²) in [6, 6.07) is 4.76. The number of hydrogen-bond acceptors (Lipinski definition) is 4. The molecule has 2 aromatic rings. The number of aromatic nitrogens is 3. The minimum absolute atomic E-state index is 0.293. The van der Waals surface area contributed by atoms with Crippen LogP contribution in [0.5, 0.6) is 0 Å². The van der Waals surface area contributed by atoms with Gasteiger partial charge in [-0.1, -0.05) is 6.07 Å². The van der Waals surface area contributed by atoms with Crippen LogP contribution in [0.15, 0.2) is 30.6 Å². The average Bonchev–Trinajstić information content (AvgIpc) is 2.37. The van der Waals surface area contributed by atoms with Gasteiger partial charge in [0.2, 0.25) is 11.7 Å². The highest BCUT2D eigenvalue weighted by atomic mass is 19.4. The Morgan fingerprint density at radius 2 is 1.85 bits per heavy atom. The zero-order valence-corrected chi connectivity index (χ0v) is 10.3. The molecule has 2 rings (SSSR count). The lowest BCUT2D eigenvalue weighted by Gasteiger charge is -2.06. The molecule has 0 saturated heterocycles. The van der Waals surface area contributed by atoms with E-state index in [1.807, 2.05) is 0 Å². The van der Waals surface area contributed by atoms with Crippen LogP contribution in [0.2, 0.25) is 0 Å². The minimum Gasteiger partial charge on any atom is -0.311 e. The van der Waals surface area contributed by atoms with Crippen molar-refractivity contribution in [1.29, 1.82) is 0 Å². The Hall–Kier alpha value is -2.51. The number of amides is 1. The first-order chi connectivity index (χ1) is 9.36. The van der Waals surface area contributed by atoms with Gasteiger partial charge in [-0.25, -0.2) is 15.0 Å². The lowest BCUT2D eigenvalue weighted by molar-refractivity contribution is -0.145. The molecule has 0 unspecified atom stereocenters. The minimum atomic E-state index is -4.58. The van der Waals surface area contributed by atoms with Gasteiger partial charge >= 0.3 is 6.18 Å². The van der Waals surface area contributed by atoms with Crippen molar-refractivity contribution in [3.8, 4) is 11.3 Å². The summed E-state index contributed by atoms with van der Waals surface area (Å²) < 4.78 is 37.0. The molecule has 0 aliphatic carbocycles. The van der Waals surface area contributed by atoms with Gasteiger partial charge in [-0.05, 0) is 12.1 Å². The Balaban J connectivity index is 2.30. The van der Waals surface area contributed by atoms with Crippen LogP contribution >= 0.6 is 0 Å². The zero-order chi connectivity index (χ0) is 14.8. The van der Waals surface area contributed by atoms with Crippen molar-refractivity contribution in [3.63, 3.8) is 0 Å². The first-order valence-electron chi connectivity index (χ1n) is 5.50. The Bertz CT molecular complexity index is 625. The van der Waals surface area contributed by atoms with Crippen LogP contribution in [0.1, 0.15) is 12.7 Å². The van der Waals surface area contributed by atoms with Gasteiger partial charge in [-0.3, -0.25) is 4.79 Å². The van der Waals surface area contributed by atoms with Gasteiger partial charge in [0.05, 0.1) is 5.69 Å². The molecule has 0 aromatic carbocycles. The number of rotatable bonds is 2. The Labute approximate surface area is 111 Å². The van der Waals surface area contributed by atoms with Crippen molar-refractivity contribution >= 4 is 11.7 Å². The fraction of sp³-hybridized carbons (Fsp3) is 0.167. The number of carbonyl (C=O) groups excluding carboxylic acids is 1. The molecule has 0 atom stereocenters. The van der Waals surface area contributed by atoms with Gasteiger partial charge in [0.15, 0.2) is 0 Å². The van der Waals surface area contributed by atoms with Crippen LogP contribution in [0.3, 0.4) is 0 Å². The van der Waals surface area contributed by atoms with E-state index in [4.69, 9.17) is 0 Å². The largest absolute Gasteiger partial charge is 0.451 e. The molecule has 0 bridgehead atoms.